The van der Waals surface area contributed by atoms with Crippen LogP contribution in [0.3, 0.4) is 0 Å². The molecule has 2 rings (SSSR count). The van der Waals surface area contributed by atoms with Crippen LogP contribution in [0, 0.1) is 6.92 Å². The molecule has 0 amide bonds. The normalized spacial score (nSPS) is 10.7. The van der Waals surface area contributed by atoms with E-state index in [1.807, 2.05) is 26.0 Å². The standard InChI is InChI=1S/C13H18N4OS/c1-4-8-14-13-16-15-11(19-13)10-7-6-9(3)17(5-2)12(10)18/h6-7H,4-5,8H2,1-3H3,(H,14,16). The van der Waals surface area contributed by atoms with Crippen LogP contribution in [0.15, 0.2) is 16.9 Å². The summed E-state index contributed by atoms with van der Waals surface area (Å²) in [6.07, 6.45) is 1.03. The van der Waals surface area contributed by atoms with Gasteiger partial charge in [0.1, 0.15) is 0 Å². The van der Waals surface area contributed by atoms with Crippen molar-refractivity contribution in [3.8, 4) is 10.6 Å². The van der Waals surface area contributed by atoms with E-state index in [9.17, 15) is 4.79 Å². The Morgan fingerprint density at radius 3 is 2.79 bits per heavy atom. The Hall–Kier alpha value is -1.69. The second kappa shape index (κ2) is 5.97. The maximum absolute atomic E-state index is 12.3. The van der Waals surface area contributed by atoms with Crippen LogP contribution >= 0.6 is 11.3 Å². The van der Waals surface area contributed by atoms with Crippen LogP contribution in [-0.4, -0.2) is 21.3 Å². The van der Waals surface area contributed by atoms with Crippen molar-refractivity contribution in [3.63, 3.8) is 0 Å². The first-order valence-corrected chi connectivity index (χ1v) is 7.27. The van der Waals surface area contributed by atoms with E-state index in [0.29, 0.717) is 17.1 Å². The maximum Gasteiger partial charge on any atom is 0.261 e. The molecule has 0 aliphatic heterocycles. The SMILES string of the molecule is CCCNc1nnc(-c2ccc(C)n(CC)c2=O)s1. The first kappa shape index (κ1) is 13.7. The van der Waals surface area contributed by atoms with Gasteiger partial charge in [0, 0.05) is 18.8 Å². The zero-order valence-electron chi connectivity index (χ0n) is 11.4. The van der Waals surface area contributed by atoms with Crippen LogP contribution in [0.5, 0.6) is 0 Å². The molecule has 0 unspecified atom stereocenters. The van der Waals surface area contributed by atoms with Crippen LogP contribution in [0.4, 0.5) is 5.13 Å². The highest BCUT2D eigenvalue weighted by molar-refractivity contribution is 7.18. The summed E-state index contributed by atoms with van der Waals surface area (Å²) in [6, 6.07) is 3.77. The first-order valence-electron chi connectivity index (χ1n) is 6.45. The van der Waals surface area contributed by atoms with Crippen molar-refractivity contribution in [2.75, 3.05) is 11.9 Å². The first-order chi connectivity index (χ1) is 9.17. The van der Waals surface area contributed by atoms with Crippen molar-refractivity contribution < 1.29 is 0 Å². The molecule has 2 aromatic heterocycles. The third-order valence-electron chi connectivity index (χ3n) is 2.89. The van der Waals surface area contributed by atoms with Crippen molar-refractivity contribution in [1.29, 1.82) is 0 Å². The number of nitrogens with one attached hydrogen (secondary N) is 1. The molecule has 2 heterocycles. The van der Waals surface area contributed by atoms with Gasteiger partial charge in [-0.3, -0.25) is 4.79 Å². The summed E-state index contributed by atoms with van der Waals surface area (Å²) in [5.41, 5.74) is 1.58. The highest BCUT2D eigenvalue weighted by atomic mass is 32.1. The van der Waals surface area contributed by atoms with E-state index in [4.69, 9.17) is 0 Å². The predicted molar refractivity (Wildman–Crippen MR) is 78.8 cm³/mol. The minimum absolute atomic E-state index is 0.000640. The Labute approximate surface area is 116 Å². The van der Waals surface area contributed by atoms with Crippen LogP contribution < -0.4 is 10.9 Å². The average Bonchev–Trinajstić information content (AvgIpc) is 2.85. The molecule has 5 nitrogen and oxygen atoms in total. The molecule has 1 N–H and O–H groups in total. The summed E-state index contributed by atoms with van der Waals surface area (Å²) in [5.74, 6) is 0. The van der Waals surface area contributed by atoms with Crippen molar-refractivity contribution in [2.45, 2.75) is 33.7 Å². The smallest absolute Gasteiger partial charge is 0.261 e. The zero-order valence-corrected chi connectivity index (χ0v) is 12.3. The van der Waals surface area contributed by atoms with E-state index in [0.717, 1.165) is 23.8 Å². The summed E-state index contributed by atoms with van der Waals surface area (Å²) in [4.78, 5) is 12.3. The summed E-state index contributed by atoms with van der Waals surface area (Å²) in [7, 11) is 0. The Balaban J connectivity index is 2.37. The number of aryl methyl sites for hydroxylation is 1. The molecule has 0 bridgehead atoms. The third kappa shape index (κ3) is 2.84. The lowest BCUT2D eigenvalue weighted by atomic mass is 10.2. The lowest BCUT2D eigenvalue weighted by molar-refractivity contribution is 0.702. The highest BCUT2D eigenvalue weighted by Crippen LogP contribution is 2.24. The van der Waals surface area contributed by atoms with Gasteiger partial charge in [0.2, 0.25) is 5.13 Å². The summed E-state index contributed by atoms with van der Waals surface area (Å²) < 4.78 is 1.75. The molecule has 102 valence electrons. The monoisotopic (exact) mass is 278 g/mol. The van der Waals surface area contributed by atoms with Gasteiger partial charge in [0.15, 0.2) is 5.01 Å². The molecule has 0 atom stereocenters. The van der Waals surface area contributed by atoms with Gasteiger partial charge in [0.05, 0.1) is 5.56 Å². The van der Waals surface area contributed by atoms with E-state index in [1.165, 1.54) is 11.3 Å². The van der Waals surface area contributed by atoms with E-state index >= 15 is 0 Å². The van der Waals surface area contributed by atoms with Crippen LogP contribution in [0.1, 0.15) is 26.0 Å². The molecule has 19 heavy (non-hydrogen) atoms. The second-order valence-electron chi connectivity index (χ2n) is 4.28. The maximum atomic E-state index is 12.3. The van der Waals surface area contributed by atoms with Crippen molar-refractivity contribution in [3.05, 3.63) is 28.2 Å². The predicted octanol–water partition coefficient (Wildman–Crippen LogP) is 2.52. The van der Waals surface area contributed by atoms with Gasteiger partial charge in [0.25, 0.3) is 5.56 Å². The quantitative estimate of drug-likeness (QED) is 0.913. The Morgan fingerprint density at radius 2 is 2.11 bits per heavy atom. The zero-order chi connectivity index (χ0) is 13.8. The van der Waals surface area contributed by atoms with E-state index < -0.39 is 0 Å². The van der Waals surface area contributed by atoms with Crippen molar-refractivity contribution in [1.82, 2.24) is 14.8 Å². The summed E-state index contributed by atoms with van der Waals surface area (Å²) in [6.45, 7) is 7.52. The minimum Gasteiger partial charge on any atom is -0.360 e. The largest absolute Gasteiger partial charge is 0.360 e. The van der Waals surface area contributed by atoms with E-state index in [-0.39, 0.29) is 5.56 Å². The Kier molecular flexibility index (Phi) is 4.31. The van der Waals surface area contributed by atoms with E-state index in [1.54, 1.807) is 4.57 Å². The molecule has 0 aliphatic rings. The molecule has 0 radical (unpaired) electrons. The fourth-order valence-electron chi connectivity index (χ4n) is 1.86. The van der Waals surface area contributed by atoms with Gasteiger partial charge in [-0.2, -0.15) is 0 Å². The van der Waals surface area contributed by atoms with Gasteiger partial charge in [-0.15, -0.1) is 10.2 Å². The lowest BCUT2D eigenvalue weighted by Gasteiger charge is -2.07. The van der Waals surface area contributed by atoms with Gasteiger partial charge >= 0.3 is 0 Å². The fourth-order valence-corrected chi connectivity index (χ4v) is 2.65. The molecule has 0 aliphatic carbocycles. The Morgan fingerprint density at radius 1 is 1.32 bits per heavy atom. The van der Waals surface area contributed by atoms with Crippen molar-refractivity contribution >= 4 is 16.5 Å². The third-order valence-corrected chi connectivity index (χ3v) is 3.80. The lowest BCUT2D eigenvalue weighted by Crippen LogP contribution is -2.22. The molecule has 0 aromatic carbocycles. The number of anilines is 1. The second-order valence-corrected chi connectivity index (χ2v) is 5.25. The van der Waals surface area contributed by atoms with E-state index in [2.05, 4.69) is 22.4 Å². The highest BCUT2D eigenvalue weighted by Gasteiger charge is 2.12. The van der Waals surface area contributed by atoms with Crippen molar-refractivity contribution in [2.24, 2.45) is 0 Å². The summed E-state index contributed by atoms with van der Waals surface area (Å²) in [5, 5.41) is 12.8. The molecule has 6 heteroatoms. The average molecular weight is 278 g/mol. The number of hydrogen-bond acceptors (Lipinski definition) is 5. The van der Waals surface area contributed by atoms with Gasteiger partial charge in [-0.05, 0) is 32.4 Å². The number of rotatable bonds is 5. The number of aromatic nitrogens is 3. The minimum atomic E-state index is 0.000640. The molecule has 0 saturated heterocycles. The van der Waals surface area contributed by atoms with Gasteiger partial charge in [-0.1, -0.05) is 18.3 Å². The molecule has 0 fully saturated rings. The van der Waals surface area contributed by atoms with Crippen LogP contribution in [0.2, 0.25) is 0 Å². The topological polar surface area (TPSA) is 59.8 Å². The number of nitrogens with zero attached hydrogens (tertiary/aromatic N) is 3. The molecule has 2 aromatic rings. The van der Waals surface area contributed by atoms with Gasteiger partial charge < -0.3 is 9.88 Å². The Bertz CT molecular complexity index is 617. The van der Waals surface area contributed by atoms with Gasteiger partial charge in [-0.25, -0.2) is 0 Å². The number of pyridine rings is 1. The number of hydrogen-bond donors (Lipinski definition) is 1. The molecular weight excluding hydrogens is 260 g/mol. The molecule has 0 saturated carbocycles. The molecule has 0 spiro atoms. The van der Waals surface area contributed by atoms with Crippen LogP contribution in [0.25, 0.3) is 10.6 Å². The van der Waals surface area contributed by atoms with Crippen LogP contribution in [-0.2, 0) is 6.54 Å². The summed E-state index contributed by atoms with van der Waals surface area (Å²) >= 11 is 1.42. The molecular formula is C13H18N4OS. The fraction of sp³-hybridized carbons (Fsp3) is 0.462.